The maximum Gasteiger partial charge on any atom is 0.341 e. The molecule has 2 aromatic rings. The van der Waals surface area contributed by atoms with Gasteiger partial charge in [-0.15, -0.1) is 12.4 Å². The van der Waals surface area contributed by atoms with E-state index in [1.807, 2.05) is 0 Å². The van der Waals surface area contributed by atoms with Gasteiger partial charge in [0.05, 0.1) is 6.61 Å². The van der Waals surface area contributed by atoms with Crippen molar-refractivity contribution in [1.82, 2.24) is 0 Å². The number of ether oxygens (including phenoxy) is 1. The van der Waals surface area contributed by atoms with Crippen LogP contribution in [-0.4, -0.2) is 45.0 Å². The number of esters is 1. The van der Waals surface area contributed by atoms with Crippen molar-refractivity contribution in [3.63, 3.8) is 0 Å². The van der Waals surface area contributed by atoms with Gasteiger partial charge in [0, 0.05) is 5.92 Å². The normalized spacial score (nSPS) is 12.5. The van der Waals surface area contributed by atoms with E-state index >= 15 is 0 Å². The van der Waals surface area contributed by atoms with Crippen molar-refractivity contribution in [3.05, 3.63) is 53.6 Å². The predicted molar refractivity (Wildman–Crippen MR) is 103 cm³/mol. The number of phenols is 3. The Labute approximate surface area is 167 Å². The Morgan fingerprint density at radius 2 is 1.68 bits per heavy atom. The van der Waals surface area contributed by atoms with E-state index in [0.717, 1.165) is 0 Å². The highest BCUT2D eigenvalue weighted by Crippen LogP contribution is 2.32. The Kier molecular flexibility index (Phi) is 8.56. The highest BCUT2D eigenvalue weighted by molar-refractivity contribution is 5.92. The average Bonchev–Trinajstić information content (AvgIpc) is 2.64. The van der Waals surface area contributed by atoms with E-state index in [0.29, 0.717) is 12.0 Å². The number of nitrogens with two attached hydrogens (primary N) is 1. The van der Waals surface area contributed by atoms with Crippen LogP contribution in [0.15, 0.2) is 42.5 Å². The minimum Gasteiger partial charge on any atom is -0.507 e. The largest absolute Gasteiger partial charge is 0.507 e. The highest BCUT2D eigenvalue weighted by atomic mass is 35.5. The molecule has 28 heavy (non-hydrogen) atoms. The standard InChI is InChI=1S/C19H21NO7.ClH/c20-17(18(24)25)12(11-7-8-15(22)16(23)10-11)5-3-9-27-19(26)13-4-1-2-6-14(13)21;/h1-2,4,6-8,10,12,17,21-23H,3,5,9,20H2,(H,24,25);1H/t12?,17-;/m0./s1. The Morgan fingerprint density at radius 3 is 2.29 bits per heavy atom. The number of benzene rings is 2. The van der Waals surface area contributed by atoms with E-state index in [4.69, 9.17) is 10.5 Å². The van der Waals surface area contributed by atoms with Gasteiger partial charge in [0.15, 0.2) is 11.5 Å². The predicted octanol–water partition coefficient (Wildman–Crippen LogP) is 2.36. The van der Waals surface area contributed by atoms with Gasteiger partial charge in [-0.2, -0.15) is 0 Å². The molecule has 2 rings (SSSR count). The molecule has 0 amide bonds. The number of para-hydroxylation sites is 1. The maximum absolute atomic E-state index is 11.9. The van der Waals surface area contributed by atoms with Gasteiger partial charge in [0.2, 0.25) is 0 Å². The lowest BCUT2D eigenvalue weighted by Crippen LogP contribution is -2.36. The first-order valence-electron chi connectivity index (χ1n) is 8.26. The molecule has 0 radical (unpaired) electrons. The Morgan fingerprint density at radius 1 is 1.00 bits per heavy atom. The zero-order chi connectivity index (χ0) is 20.0. The molecule has 152 valence electrons. The minimum atomic E-state index is -1.23. The quantitative estimate of drug-likeness (QED) is 0.252. The molecule has 0 saturated carbocycles. The van der Waals surface area contributed by atoms with Crippen molar-refractivity contribution < 1.29 is 34.8 Å². The number of carbonyl (C=O) groups is 2. The number of aromatic hydroxyl groups is 3. The number of rotatable bonds is 8. The highest BCUT2D eigenvalue weighted by Gasteiger charge is 2.26. The van der Waals surface area contributed by atoms with E-state index in [-0.39, 0.29) is 48.2 Å². The smallest absolute Gasteiger partial charge is 0.341 e. The number of hydrogen-bond donors (Lipinski definition) is 5. The summed E-state index contributed by atoms with van der Waals surface area (Å²) in [6.45, 7) is 0.0000718. The number of carboxylic acid groups (broad SMARTS) is 1. The third-order valence-electron chi connectivity index (χ3n) is 4.16. The van der Waals surface area contributed by atoms with Crippen LogP contribution in [0.25, 0.3) is 0 Å². The molecule has 0 aliphatic carbocycles. The summed E-state index contributed by atoms with van der Waals surface area (Å²) in [7, 11) is 0. The molecule has 6 N–H and O–H groups in total. The fraction of sp³-hybridized carbons (Fsp3) is 0.263. The first kappa shape index (κ1) is 23.1. The van der Waals surface area contributed by atoms with Crippen LogP contribution in [0.2, 0.25) is 0 Å². The molecule has 0 bridgehead atoms. The van der Waals surface area contributed by atoms with Crippen LogP contribution >= 0.6 is 12.4 Å². The molecule has 0 aromatic heterocycles. The topological polar surface area (TPSA) is 150 Å². The van der Waals surface area contributed by atoms with Crippen LogP contribution in [0.5, 0.6) is 17.2 Å². The summed E-state index contributed by atoms with van der Waals surface area (Å²) in [6.07, 6.45) is 0.582. The molecule has 8 nitrogen and oxygen atoms in total. The summed E-state index contributed by atoms with van der Waals surface area (Å²) in [5.74, 6) is -3.43. The van der Waals surface area contributed by atoms with Crippen molar-refractivity contribution in [2.24, 2.45) is 5.73 Å². The third kappa shape index (κ3) is 5.77. The molecular formula is C19H22ClNO7. The molecule has 0 spiro atoms. The van der Waals surface area contributed by atoms with E-state index < -0.39 is 23.9 Å². The van der Waals surface area contributed by atoms with Gasteiger partial charge in [-0.3, -0.25) is 4.79 Å². The van der Waals surface area contributed by atoms with Crippen molar-refractivity contribution >= 4 is 24.3 Å². The number of carbonyl (C=O) groups excluding carboxylic acids is 1. The van der Waals surface area contributed by atoms with Gasteiger partial charge in [-0.05, 0) is 42.7 Å². The Hall–Kier alpha value is -2.97. The van der Waals surface area contributed by atoms with Crippen molar-refractivity contribution in [1.29, 1.82) is 0 Å². The monoisotopic (exact) mass is 411 g/mol. The Balaban J connectivity index is 0.00000392. The van der Waals surface area contributed by atoms with Crippen LogP contribution in [0.3, 0.4) is 0 Å². The summed E-state index contributed by atoms with van der Waals surface area (Å²) >= 11 is 0. The van der Waals surface area contributed by atoms with Crippen molar-refractivity contribution in [2.45, 2.75) is 24.8 Å². The molecule has 2 aromatic carbocycles. The fourth-order valence-electron chi connectivity index (χ4n) is 2.69. The van der Waals surface area contributed by atoms with Gasteiger partial charge >= 0.3 is 11.9 Å². The average molecular weight is 412 g/mol. The second-order valence-electron chi connectivity index (χ2n) is 6.01. The van der Waals surface area contributed by atoms with Crippen molar-refractivity contribution in [2.75, 3.05) is 6.61 Å². The molecule has 0 fully saturated rings. The molecule has 0 aliphatic heterocycles. The van der Waals surface area contributed by atoms with E-state index in [2.05, 4.69) is 0 Å². The van der Waals surface area contributed by atoms with Gasteiger partial charge < -0.3 is 30.9 Å². The first-order chi connectivity index (χ1) is 12.8. The van der Waals surface area contributed by atoms with Gasteiger partial charge in [0.25, 0.3) is 0 Å². The second-order valence-corrected chi connectivity index (χ2v) is 6.01. The summed E-state index contributed by atoms with van der Waals surface area (Å²) < 4.78 is 5.10. The summed E-state index contributed by atoms with van der Waals surface area (Å²) in [4.78, 5) is 23.2. The third-order valence-corrected chi connectivity index (χ3v) is 4.16. The van der Waals surface area contributed by atoms with E-state index in [1.165, 1.54) is 30.3 Å². The molecule has 0 saturated heterocycles. The van der Waals surface area contributed by atoms with Crippen LogP contribution in [0.4, 0.5) is 0 Å². The first-order valence-corrected chi connectivity index (χ1v) is 8.26. The summed E-state index contributed by atoms with van der Waals surface area (Å²) in [5.41, 5.74) is 6.24. The second kappa shape index (κ2) is 10.4. The zero-order valence-electron chi connectivity index (χ0n) is 14.8. The Bertz CT molecular complexity index is 828. The molecular weight excluding hydrogens is 390 g/mol. The number of carboxylic acids is 1. The lowest BCUT2D eigenvalue weighted by molar-refractivity contribution is -0.139. The SMILES string of the molecule is Cl.N[C@H](C(=O)O)C(CCCOC(=O)c1ccccc1O)c1ccc(O)c(O)c1. The number of hydrogen-bond acceptors (Lipinski definition) is 7. The number of halogens is 1. The molecule has 0 aliphatic rings. The lowest BCUT2D eigenvalue weighted by atomic mass is 9.87. The summed E-state index contributed by atoms with van der Waals surface area (Å²) in [5, 5.41) is 37.9. The summed E-state index contributed by atoms with van der Waals surface area (Å²) in [6, 6.07) is 8.74. The van der Waals surface area contributed by atoms with Gasteiger partial charge in [-0.25, -0.2) is 4.79 Å². The van der Waals surface area contributed by atoms with Gasteiger partial charge in [0.1, 0.15) is 17.4 Å². The van der Waals surface area contributed by atoms with E-state index in [9.17, 15) is 30.0 Å². The molecule has 2 atom stereocenters. The van der Waals surface area contributed by atoms with E-state index in [1.54, 1.807) is 12.1 Å². The van der Waals surface area contributed by atoms with Crippen LogP contribution in [0, 0.1) is 0 Å². The number of aliphatic carboxylic acids is 1. The minimum absolute atomic E-state index is 0. The molecule has 0 heterocycles. The van der Waals surface area contributed by atoms with Crippen molar-refractivity contribution in [3.8, 4) is 17.2 Å². The molecule has 9 heteroatoms. The van der Waals surface area contributed by atoms with Crippen LogP contribution in [0.1, 0.15) is 34.7 Å². The van der Waals surface area contributed by atoms with Crippen LogP contribution < -0.4 is 5.73 Å². The lowest BCUT2D eigenvalue weighted by Gasteiger charge is -2.21. The zero-order valence-corrected chi connectivity index (χ0v) is 15.6. The van der Waals surface area contributed by atoms with Gasteiger partial charge in [-0.1, -0.05) is 18.2 Å². The number of phenolic OH excluding ortho intramolecular Hbond substituents is 3. The van der Waals surface area contributed by atoms with Crippen LogP contribution in [-0.2, 0) is 9.53 Å². The fourth-order valence-corrected chi connectivity index (χ4v) is 2.69. The molecule has 1 unspecified atom stereocenters. The maximum atomic E-state index is 11.9.